The second kappa shape index (κ2) is 8.21. The van der Waals surface area contributed by atoms with Gasteiger partial charge in [0.05, 0.1) is 17.2 Å². The Morgan fingerprint density at radius 3 is 2.92 bits per heavy atom. The molecule has 1 aromatic carbocycles. The number of aromatic nitrogens is 1. The quantitative estimate of drug-likeness (QED) is 0.754. The molecule has 0 bridgehead atoms. The molecule has 1 N–H and O–H groups in total. The Labute approximate surface area is 160 Å². The lowest BCUT2D eigenvalue weighted by molar-refractivity contribution is -0.138. The second-order valence-electron chi connectivity index (χ2n) is 5.24. The van der Waals surface area contributed by atoms with Crippen LogP contribution in [0.3, 0.4) is 0 Å². The van der Waals surface area contributed by atoms with Gasteiger partial charge in [-0.05, 0) is 42.8 Å². The first-order valence-corrected chi connectivity index (χ1v) is 9.03. The van der Waals surface area contributed by atoms with Gasteiger partial charge >= 0.3 is 5.97 Å². The Hall–Kier alpha value is -2.57. The van der Waals surface area contributed by atoms with Crippen molar-refractivity contribution in [2.24, 2.45) is 4.99 Å². The third-order valence-electron chi connectivity index (χ3n) is 3.39. The molecule has 1 aliphatic rings. The number of hydrogen-bond acceptors (Lipinski definition) is 6. The van der Waals surface area contributed by atoms with E-state index >= 15 is 0 Å². The lowest BCUT2D eigenvalue weighted by Crippen LogP contribution is -2.12. The number of aliphatic imine (C=N–C) groups is 1. The number of benzene rings is 1. The van der Waals surface area contributed by atoms with Crippen molar-refractivity contribution in [3.8, 4) is 0 Å². The van der Waals surface area contributed by atoms with Gasteiger partial charge in [0.2, 0.25) is 0 Å². The second-order valence-corrected chi connectivity index (χ2v) is 6.70. The molecule has 5 nitrogen and oxygen atoms in total. The molecule has 0 atom stereocenters. The van der Waals surface area contributed by atoms with Gasteiger partial charge in [-0.1, -0.05) is 35.5 Å². The molecule has 0 unspecified atom stereocenters. The molecular weight excluding hydrogens is 372 g/mol. The third kappa shape index (κ3) is 4.15. The number of hydrogen-bond donors (Lipinski definition) is 1. The fraction of sp³-hybridized carbons (Fsp3) is 0.105. The van der Waals surface area contributed by atoms with Crippen molar-refractivity contribution in [1.29, 1.82) is 0 Å². The monoisotopic (exact) mass is 386 g/mol. The molecule has 0 fully saturated rings. The van der Waals surface area contributed by atoms with Crippen molar-refractivity contribution in [1.82, 2.24) is 4.98 Å². The number of pyridine rings is 1. The molecule has 2 aromatic rings. The van der Waals surface area contributed by atoms with E-state index in [9.17, 15) is 9.90 Å². The van der Waals surface area contributed by atoms with E-state index in [1.54, 1.807) is 55.7 Å². The van der Waals surface area contributed by atoms with E-state index in [-0.39, 0.29) is 17.9 Å². The highest BCUT2D eigenvalue weighted by molar-refractivity contribution is 8.18. The van der Waals surface area contributed by atoms with Crippen LogP contribution in [0.5, 0.6) is 0 Å². The standard InChI is InChI=1S/C19H15ClN2O3S/c1-2-25-19(24)16-17(23)15(9-12-5-4-8-21-11-12)26-18(16)22-14-7-3-6-13(20)10-14/h3-11,23H,2H2,1H3/b15-9-,22-18?. The largest absolute Gasteiger partial charge is 0.506 e. The number of thioether (sulfide) groups is 1. The van der Waals surface area contributed by atoms with E-state index in [0.29, 0.717) is 20.7 Å². The maximum atomic E-state index is 12.3. The number of esters is 1. The van der Waals surface area contributed by atoms with Crippen LogP contribution in [0.4, 0.5) is 5.69 Å². The van der Waals surface area contributed by atoms with Gasteiger partial charge in [-0.25, -0.2) is 9.79 Å². The number of halogens is 1. The molecule has 0 radical (unpaired) electrons. The highest BCUT2D eigenvalue weighted by atomic mass is 35.5. The van der Waals surface area contributed by atoms with Crippen LogP contribution >= 0.6 is 23.4 Å². The summed E-state index contributed by atoms with van der Waals surface area (Å²) in [6, 6.07) is 10.6. The summed E-state index contributed by atoms with van der Waals surface area (Å²) in [6.45, 7) is 1.91. The SMILES string of the molecule is CCOC(=O)C1=C(O)/C(=C/c2cccnc2)SC1=Nc1cccc(Cl)c1. The maximum absolute atomic E-state index is 12.3. The lowest BCUT2D eigenvalue weighted by Gasteiger charge is -2.04. The molecule has 7 heteroatoms. The van der Waals surface area contributed by atoms with Crippen molar-refractivity contribution in [2.75, 3.05) is 6.61 Å². The smallest absolute Gasteiger partial charge is 0.344 e. The first-order valence-electron chi connectivity index (χ1n) is 7.83. The minimum absolute atomic E-state index is 0.0481. The molecular formula is C19H15ClN2O3S. The molecule has 0 aliphatic carbocycles. The third-order valence-corrected chi connectivity index (χ3v) is 4.65. The molecule has 0 spiro atoms. The van der Waals surface area contributed by atoms with E-state index in [1.165, 1.54) is 11.8 Å². The van der Waals surface area contributed by atoms with Crippen molar-refractivity contribution in [3.05, 3.63) is 75.6 Å². The number of ether oxygens (including phenoxy) is 1. The summed E-state index contributed by atoms with van der Waals surface area (Å²) in [4.78, 5) is 21.3. The molecule has 1 aromatic heterocycles. The van der Waals surface area contributed by atoms with Crippen LogP contribution in [0.15, 0.2) is 70.0 Å². The van der Waals surface area contributed by atoms with Crippen molar-refractivity contribution in [2.45, 2.75) is 6.92 Å². The minimum Gasteiger partial charge on any atom is -0.506 e. The van der Waals surface area contributed by atoms with Crippen LogP contribution in [0.25, 0.3) is 6.08 Å². The van der Waals surface area contributed by atoms with Crippen LogP contribution in [0.1, 0.15) is 12.5 Å². The number of carbonyl (C=O) groups is 1. The highest BCUT2D eigenvalue weighted by Crippen LogP contribution is 2.40. The van der Waals surface area contributed by atoms with Gasteiger partial charge in [0.15, 0.2) is 0 Å². The molecule has 132 valence electrons. The predicted molar refractivity (Wildman–Crippen MR) is 105 cm³/mol. The van der Waals surface area contributed by atoms with E-state index in [4.69, 9.17) is 16.3 Å². The Bertz CT molecular complexity index is 923. The number of aliphatic hydroxyl groups is 1. The first kappa shape index (κ1) is 18.2. The Morgan fingerprint density at radius 1 is 1.38 bits per heavy atom. The summed E-state index contributed by atoms with van der Waals surface area (Å²) in [7, 11) is 0. The zero-order valence-corrected chi connectivity index (χ0v) is 15.4. The summed E-state index contributed by atoms with van der Waals surface area (Å²) in [5.74, 6) is -0.772. The number of rotatable bonds is 4. The zero-order valence-electron chi connectivity index (χ0n) is 13.8. The molecule has 0 amide bonds. The van der Waals surface area contributed by atoms with Crippen LogP contribution in [0.2, 0.25) is 5.02 Å². The van der Waals surface area contributed by atoms with Gasteiger partial charge in [0.1, 0.15) is 16.4 Å². The van der Waals surface area contributed by atoms with Gasteiger partial charge in [0.25, 0.3) is 0 Å². The molecule has 0 saturated carbocycles. The summed E-state index contributed by atoms with van der Waals surface area (Å²) >= 11 is 7.19. The molecule has 26 heavy (non-hydrogen) atoms. The van der Waals surface area contributed by atoms with Gasteiger partial charge in [-0.3, -0.25) is 4.98 Å². The molecule has 1 aliphatic heterocycles. The summed E-state index contributed by atoms with van der Waals surface area (Å²) < 4.78 is 5.07. The van der Waals surface area contributed by atoms with E-state index < -0.39 is 5.97 Å². The maximum Gasteiger partial charge on any atom is 0.344 e. The summed E-state index contributed by atoms with van der Waals surface area (Å²) in [5.41, 5.74) is 1.43. The average molecular weight is 387 g/mol. The average Bonchev–Trinajstić information content (AvgIpc) is 2.91. The summed E-state index contributed by atoms with van der Waals surface area (Å²) in [6.07, 6.45) is 5.07. The van der Waals surface area contributed by atoms with Crippen LogP contribution in [0, 0.1) is 0 Å². The minimum atomic E-state index is -0.618. The van der Waals surface area contributed by atoms with Gasteiger partial charge in [0, 0.05) is 17.4 Å². The fourth-order valence-corrected chi connectivity index (χ4v) is 3.49. The number of aliphatic hydroxyl groups excluding tert-OH is 1. The first-order chi connectivity index (χ1) is 12.6. The topological polar surface area (TPSA) is 71.8 Å². The Balaban J connectivity index is 2.04. The van der Waals surface area contributed by atoms with Crippen molar-refractivity contribution >= 4 is 46.1 Å². The van der Waals surface area contributed by atoms with E-state index in [1.807, 2.05) is 6.07 Å². The van der Waals surface area contributed by atoms with Gasteiger partial charge in [-0.15, -0.1) is 0 Å². The Morgan fingerprint density at radius 2 is 2.23 bits per heavy atom. The van der Waals surface area contributed by atoms with Crippen molar-refractivity contribution < 1.29 is 14.6 Å². The molecule has 0 saturated heterocycles. The normalized spacial score (nSPS) is 17.2. The molecule has 2 heterocycles. The highest BCUT2D eigenvalue weighted by Gasteiger charge is 2.33. The molecule has 3 rings (SSSR count). The number of carbonyl (C=O) groups excluding carboxylic acids is 1. The Kier molecular flexibility index (Phi) is 5.75. The van der Waals surface area contributed by atoms with E-state index in [2.05, 4.69) is 9.98 Å². The number of nitrogens with zero attached hydrogens (tertiary/aromatic N) is 2. The fourth-order valence-electron chi connectivity index (χ4n) is 2.27. The zero-order chi connectivity index (χ0) is 18.5. The van der Waals surface area contributed by atoms with Crippen LogP contribution in [-0.4, -0.2) is 27.7 Å². The van der Waals surface area contributed by atoms with Crippen LogP contribution < -0.4 is 0 Å². The predicted octanol–water partition coefficient (Wildman–Crippen LogP) is 4.93. The van der Waals surface area contributed by atoms with Crippen LogP contribution in [-0.2, 0) is 9.53 Å². The summed E-state index contributed by atoms with van der Waals surface area (Å²) in [5, 5.41) is 11.5. The van der Waals surface area contributed by atoms with Crippen molar-refractivity contribution in [3.63, 3.8) is 0 Å². The van der Waals surface area contributed by atoms with E-state index in [0.717, 1.165) is 5.56 Å². The van der Waals surface area contributed by atoms with Gasteiger partial charge < -0.3 is 9.84 Å². The van der Waals surface area contributed by atoms with Gasteiger partial charge in [-0.2, -0.15) is 0 Å². The lowest BCUT2D eigenvalue weighted by atomic mass is 10.2.